The topological polar surface area (TPSA) is 26.3 Å². The molecule has 2 heteroatoms. The van der Waals surface area contributed by atoms with E-state index in [0.717, 1.165) is 6.42 Å². The summed E-state index contributed by atoms with van der Waals surface area (Å²) in [5.74, 6) is 1.66. The molecule has 66 valence electrons. The molecule has 0 aromatic heterocycles. The van der Waals surface area contributed by atoms with Crippen molar-refractivity contribution in [3.05, 3.63) is 12.2 Å². The molecule has 1 saturated carbocycles. The van der Waals surface area contributed by atoms with Crippen molar-refractivity contribution in [2.45, 2.75) is 13.3 Å². The predicted molar refractivity (Wildman–Crippen MR) is 45.4 cm³/mol. The molecule has 2 aliphatic carbocycles. The molecule has 1 fully saturated rings. The van der Waals surface area contributed by atoms with Crippen LogP contribution in [0.4, 0.5) is 0 Å². The first-order valence-corrected chi connectivity index (χ1v) is 4.50. The summed E-state index contributed by atoms with van der Waals surface area (Å²) in [6, 6.07) is 0. The van der Waals surface area contributed by atoms with Gasteiger partial charge in [-0.3, -0.25) is 4.79 Å². The van der Waals surface area contributed by atoms with Gasteiger partial charge in [0.1, 0.15) is 0 Å². The lowest BCUT2D eigenvalue weighted by molar-refractivity contribution is -0.147. The second kappa shape index (κ2) is 2.61. The fourth-order valence-corrected chi connectivity index (χ4v) is 2.59. The normalized spacial score (nSPS) is 43.5. The highest BCUT2D eigenvalue weighted by atomic mass is 16.5. The lowest BCUT2D eigenvalue weighted by Gasteiger charge is -2.21. The van der Waals surface area contributed by atoms with Crippen LogP contribution in [0.25, 0.3) is 0 Å². The number of ether oxygens (including phenoxy) is 1. The molecule has 12 heavy (non-hydrogen) atoms. The van der Waals surface area contributed by atoms with Crippen molar-refractivity contribution in [2.24, 2.45) is 23.7 Å². The maximum Gasteiger partial charge on any atom is 0.309 e. The quantitative estimate of drug-likeness (QED) is 0.437. The lowest BCUT2D eigenvalue weighted by atomic mass is 9.84. The number of carbonyl (C=O) groups is 1. The summed E-state index contributed by atoms with van der Waals surface area (Å²) in [4.78, 5) is 11.4. The van der Waals surface area contributed by atoms with Crippen LogP contribution >= 0.6 is 0 Å². The number of fused-ring (bicyclic) bond motifs is 2. The van der Waals surface area contributed by atoms with Gasteiger partial charge in [0.25, 0.3) is 0 Å². The van der Waals surface area contributed by atoms with E-state index in [1.54, 1.807) is 0 Å². The molecule has 2 bridgehead atoms. The van der Waals surface area contributed by atoms with Crippen LogP contribution in [0.5, 0.6) is 0 Å². The molecule has 0 saturated heterocycles. The van der Waals surface area contributed by atoms with Gasteiger partial charge in [-0.15, -0.1) is 0 Å². The molecule has 0 heterocycles. The average molecular weight is 166 g/mol. The van der Waals surface area contributed by atoms with Gasteiger partial charge in [-0.05, 0) is 24.2 Å². The van der Waals surface area contributed by atoms with Gasteiger partial charge in [-0.25, -0.2) is 0 Å². The zero-order valence-corrected chi connectivity index (χ0v) is 7.49. The number of methoxy groups -OCH3 is 1. The number of carbonyl (C=O) groups excluding carboxylic acids is 1. The van der Waals surface area contributed by atoms with Crippen molar-refractivity contribution in [3.8, 4) is 0 Å². The molecule has 0 N–H and O–H groups in total. The summed E-state index contributed by atoms with van der Waals surface area (Å²) in [6.45, 7) is 2.15. The van der Waals surface area contributed by atoms with E-state index >= 15 is 0 Å². The first kappa shape index (κ1) is 7.84. The van der Waals surface area contributed by atoms with Crippen LogP contribution in [0.2, 0.25) is 0 Å². The zero-order chi connectivity index (χ0) is 8.72. The Labute approximate surface area is 72.6 Å². The van der Waals surface area contributed by atoms with Crippen LogP contribution < -0.4 is 0 Å². The first-order chi connectivity index (χ1) is 5.74. The second-order valence-electron chi connectivity index (χ2n) is 3.86. The van der Waals surface area contributed by atoms with Crippen molar-refractivity contribution in [1.82, 2.24) is 0 Å². The van der Waals surface area contributed by atoms with Crippen molar-refractivity contribution in [2.75, 3.05) is 7.11 Å². The Morgan fingerprint density at radius 3 is 2.58 bits per heavy atom. The Hall–Kier alpha value is -0.790. The van der Waals surface area contributed by atoms with Crippen LogP contribution in [0.15, 0.2) is 12.2 Å². The highest BCUT2D eigenvalue weighted by Crippen LogP contribution is 2.47. The van der Waals surface area contributed by atoms with Gasteiger partial charge in [-0.2, -0.15) is 0 Å². The van der Waals surface area contributed by atoms with Crippen molar-refractivity contribution in [1.29, 1.82) is 0 Å². The minimum Gasteiger partial charge on any atom is -0.469 e. The van der Waals surface area contributed by atoms with E-state index in [1.807, 2.05) is 0 Å². The molecule has 0 radical (unpaired) electrons. The average Bonchev–Trinajstić information content (AvgIpc) is 2.63. The fraction of sp³-hybridized carbons (Fsp3) is 0.700. The minimum atomic E-state index is -0.0284. The highest BCUT2D eigenvalue weighted by Gasteiger charge is 2.46. The molecule has 0 aliphatic heterocycles. The molecular formula is C10H14O2. The maximum absolute atomic E-state index is 11.4. The second-order valence-corrected chi connectivity index (χ2v) is 3.86. The molecule has 2 unspecified atom stereocenters. The van der Waals surface area contributed by atoms with Gasteiger partial charge in [-0.1, -0.05) is 19.1 Å². The molecule has 0 amide bonds. The molecular weight excluding hydrogens is 152 g/mol. The number of hydrogen-bond donors (Lipinski definition) is 0. The summed E-state index contributed by atoms with van der Waals surface area (Å²) in [5.41, 5.74) is 0. The summed E-state index contributed by atoms with van der Waals surface area (Å²) in [5, 5.41) is 0. The van der Waals surface area contributed by atoms with Crippen LogP contribution in [0.3, 0.4) is 0 Å². The van der Waals surface area contributed by atoms with Gasteiger partial charge in [0.15, 0.2) is 0 Å². The standard InChI is InChI=1S/C10H14O2/c1-6-7-3-4-8(5-7)9(6)10(11)12-2/h3-4,6-9H,5H2,1-2H3/t6-,7?,8?,9-/m1/s1. The van der Waals surface area contributed by atoms with E-state index in [2.05, 4.69) is 19.1 Å². The van der Waals surface area contributed by atoms with Crippen molar-refractivity contribution in [3.63, 3.8) is 0 Å². The van der Waals surface area contributed by atoms with Crippen LogP contribution in [0, 0.1) is 23.7 Å². The Bertz CT molecular complexity index is 232. The van der Waals surface area contributed by atoms with Gasteiger partial charge < -0.3 is 4.74 Å². The number of rotatable bonds is 1. The first-order valence-electron chi connectivity index (χ1n) is 4.50. The summed E-state index contributed by atoms with van der Waals surface area (Å²) in [6.07, 6.45) is 5.57. The summed E-state index contributed by atoms with van der Waals surface area (Å²) < 4.78 is 4.78. The van der Waals surface area contributed by atoms with Gasteiger partial charge >= 0.3 is 5.97 Å². The Morgan fingerprint density at radius 1 is 1.42 bits per heavy atom. The van der Waals surface area contributed by atoms with Crippen LogP contribution in [-0.2, 0) is 9.53 Å². The SMILES string of the molecule is COC(=O)[C@H]1C2C=CC(C2)[C@H]1C. The molecule has 0 aromatic rings. The smallest absolute Gasteiger partial charge is 0.309 e. The van der Waals surface area contributed by atoms with E-state index < -0.39 is 0 Å². The highest BCUT2D eigenvalue weighted by molar-refractivity contribution is 5.74. The van der Waals surface area contributed by atoms with E-state index in [9.17, 15) is 4.79 Å². The number of hydrogen-bond acceptors (Lipinski definition) is 2. The molecule has 0 spiro atoms. The molecule has 4 atom stereocenters. The van der Waals surface area contributed by atoms with Gasteiger partial charge in [0.05, 0.1) is 13.0 Å². The van der Waals surface area contributed by atoms with E-state index in [-0.39, 0.29) is 11.9 Å². The lowest BCUT2D eigenvalue weighted by Crippen LogP contribution is -2.26. The third-order valence-corrected chi connectivity index (χ3v) is 3.33. The molecule has 2 rings (SSSR count). The largest absolute Gasteiger partial charge is 0.469 e. The summed E-state index contributed by atoms with van der Waals surface area (Å²) >= 11 is 0. The van der Waals surface area contributed by atoms with Crippen molar-refractivity contribution < 1.29 is 9.53 Å². The van der Waals surface area contributed by atoms with Gasteiger partial charge in [0.2, 0.25) is 0 Å². The van der Waals surface area contributed by atoms with E-state index in [1.165, 1.54) is 7.11 Å². The number of esters is 1. The molecule has 2 nitrogen and oxygen atoms in total. The van der Waals surface area contributed by atoms with Crippen LogP contribution in [0.1, 0.15) is 13.3 Å². The molecule has 2 aliphatic rings. The molecule has 0 aromatic carbocycles. The zero-order valence-electron chi connectivity index (χ0n) is 7.49. The predicted octanol–water partition coefficient (Wildman–Crippen LogP) is 1.62. The number of allylic oxidation sites excluding steroid dienone is 2. The summed E-state index contributed by atoms with van der Waals surface area (Å²) in [7, 11) is 1.48. The van der Waals surface area contributed by atoms with E-state index in [0.29, 0.717) is 17.8 Å². The third kappa shape index (κ3) is 0.904. The van der Waals surface area contributed by atoms with E-state index in [4.69, 9.17) is 4.74 Å². The Morgan fingerprint density at radius 2 is 2.08 bits per heavy atom. The third-order valence-electron chi connectivity index (χ3n) is 3.33. The maximum atomic E-state index is 11.4. The Kier molecular flexibility index (Phi) is 1.71. The van der Waals surface area contributed by atoms with Crippen LogP contribution in [-0.4, -0.2) is 13.1 Å². The fourth-order valence-electron chi connectivity index (χ4n) is 2.59. The minimum absolute atomic E-state index is 0.0284. The monoisotopic (exact) mass is 166 g/mol. The van der Waals surface area contributed by atoms with Gasteiger partial charge in [0, 0.05) is 0 Å². The van der Waals surface area contributed by atoms with Crippen molar-refractivity contribution >= 4 is 5.97 Å². The Balaban J connectivity index is 2.18.